The van der Waals surface area contributed by atoms with Crippen LogP contribution in [0, 0.1) is 0 Å². The topological polar surface area (TPSA) is 67.9 Å². The fraction of sp³-hybridized carbons (Fsp3) is 0.333. The third kappa shape index (κ3) is 3.64. The second kappa shape index (κ2) is 7.97. The van der Waals surface area contributed by atoms with Crippen molar-refractivity contribution in [2.75, 3.05) is 26.1 Å². The van der Waals surface area contributed by atoms with E-state index in [1.807, 2.05) is 17.5 Å². The van der Waals surface area contributed by atoms with Gasteiger partial charge in [0.2, 0.25) is 0 Å². The van der Waals surface area contributed by atoms with E-state index in [0.29, 0.717) is 28.8 Å². The highest BCUT2D eigenvalue weighted by Gasteiger charge is 2.34. The van der Waals surface area contributed by atoms with Crippen molar-refractivity contribution >= 4 is 40.4 Å². The van der Waals surface area contributed by atoms with Crippen LogP contribution in [0.2, 0.25) is 5.02 Å². The summed E-state index contributed by atoms with van der Waals surface area (Å²) in [6.07, 6.45) is 1.73. The van der Waals surface area contributed by atoms with E-state index < -0.39 is 11.8 Å². The average Bonchev–Trinajstić information content (AvgIpc) is 3.32. The van der Waals surface area contributed by atoms with Crippen molar-refractivity contribution in [2.45, 2.75) is 18.9 Å². The van der Waals surface area contributed by atoms with Gasteiger partial charge in [0.15, 0.2) is 0 Å². The Morgan fingerprint density at radius 1 is 1.27 bits per heavy atom. The number of amides is 2. The van der Waals surface area contributed by atoms with Crippen molar-refractivity contribution in [3.63, 3.8) is 0 Å². The molecule has 1 saturated heterocycles. The second-order valence-electron chi connectivity index (χ2n) is 5.81. The maximum absolute atomic E-state index is 12.7. The number of carbonyl (C=O) groups excluding carboxylic acids is 2. The van der Waals surface area contributed by atoms with Gasteiger partial charge in [-0.25, -0.2) is 0 Å². The van der Waals surface area contributed by atoms with Gasteiger partial charge in [0.1, 0.15) is 11.5 Å². The first kappa shape index (κ1) is 18.5. The molecule has 2 heterocycles. The largest absolute Gasteiger partial charge is 0.495 e. The molecule has 1 fully saturated rings. The molecule has 138 valence electrons. The Morgan fingerprint density at radius 3 is 2.69 bits per heavy atom. The lowest BCUT2D eigenvalue weighted by Crippen LogP contribution is -2.39. The van der Waals surface area contributed by atoms with Crippen LogP contribution in [0.15, 0.2) is 29.6 Å². The minimum Gasteiger partial charge on any atom is -0.495 e. The molecule has 3 rings (SSSR count). The highest BCUT2D eigenvalue weighted by molar-refractivity contribution is 7.10. The zero-order valence-corrected chi connectivity index (χ0v) is 16.0. The SMILES string of the molecule is COc1cc(OC)c(NC(=O)C(=O)N2CCCC2c2cccs2)cc1Cl. The Labute approximate surface area is 160 Å². The summed E-state index contributed by atoms with van der Waals surface area (Å²) < 4.78 is 10.4. The molecule has 1 aliphatic heterocycles. The van der Waals surface area contributed by atoms with Crippen molar-refractivity contribution in [3.8, 4) is 11.5 Å². The summed E-state index contributed by atoms with van der Waals surface area (Å²) in [5.74, 6) is -0.489. The van der Waals surface area contributed by atoms with Crippen LogP contribution < -0.4 is 14.8 Å². The molecule has 8 heteroatoms. The quantitative estimate of drug-likeness (QED) is 0.802. The number of hydrogen-bond donors (Lipinski definition) is 1. The van der Waals surface area contributed by atoms with Gasteiger partial charge in [-0.2, -0.15) is 0 Å². The highest BCUT2D eigenvalue weighted by atomic mass is 35.5. The summed E-state index contributed by atoms with van der Waals surface area (Å²) in [4.78, 5) is 27.9. The van der Waals surface area contributed by atoms with E-state index in [4.69, 9.17) is 21.1 Å². The number of ether oxygens (including phenoxy) is 2. The molecule has 1 aliphatic rings. The number of likely N-dealkylation sites (tertiary alicyclic amines) is 1. The van der Waals surface area contributed by atoms with Crippen LogP contribution in [0.5, 0.6) is 11.5 Å². The van der Waals surface area contributed by atoms with Crippen molar-refractivity contribution in [3.05, 3.63) is 39.5 Å². The van der Waals surface area contributed by atoms with Crippen LogP contribution in [-0.2, 0) is 9.59 Å². The maximum atomic E-state index is 12.7. The number of halogens is 1. The third-order valence-corrected chi connectivity index (χ3v) is 5.57. The summed E-state index contributed by atoms with van der Waals surface area (Å²) in [6, 6.07) is 6.96. The molecular formula is C18H19ClN2O4S. The highest BCUT2D eigenvalue weighted by Crippen LogP contribution is 2.37. The normalized spacial score (nSPS) is 16.4. The summed E-state index contributed by atoms with van der Waals surface area (Å²) >= 11 is 7.71. The number of methoxy groups -OCH3 is 2. The maximum Gasteiger partial charge on any atom is 0.314 e. The summed E-state index contributed by atoms with van der Waals surface area (Å²) in [5.41, 5.74) is 0.323. The first-order chi connectivity index (χ1) is 12.5. The lowest BCUT2D eigenvalue weighted by atomic mass is 10.2. The van der Waals surface area contributed by atoms with Gasteiger partial charge in [0, 0.05) is 17.5 Å². The smallest absolute Gasteiger partial charge is 0.314 e. The predicted molar refractivity (Wildman–Crippen MR) is 101 cm³/mol. The molecule has 1 N–H and O–H groups in total. The van der Waals surface area contributed by atoms with Gasteiger partial charge in [-0.3, -0.25) is 9.59 Å². The molecular weight excluding hydrogens is 376 g/mol. The Kier molecular flexibility index (Phi) is 5.68. The molecule has 0 aliphatic carbocycles. The van der Waals surface area contributed by atoms with Crippen LogP contribution in [-0.4, -0.2) is 37.5 Å². The standard InChI is InChI=1S/C18H19ClN2O4S/c1-24-14-10-15(25-2)12(9-11(14)19)20-17(22)18(23)21-7-3-5-13(21)16-6-4-8-26-16/h4,6,8-10,13H,3,5,7H2,1-2H3,(H,20,22). The van der Waals surface area contributed by atoms with Crippen LogP contribution >= 0.6 is 22.9 Å². The number of carbonyl (C=O) groups is 2. The molecule has 0 saturated carbocycles. The summed E-state index contributed by atoms with van der Waals surface area (Å²) in [6.45, 7) is 0.565. The van der Waals surface area contributed by atoms with E-state index >= 15 is 0 Å². The Morgan fingerprint density at radius 2 is 2.04 bits per heavy atom. The first-order valence-corrected chi connectivity index (χ1v) is 9.37. The number of hydrogen-bond acceptors (Lipinski definition) is 5. The van der Waals surface area contributed by atoms with Crippen LogP contribution in [0.1, 0.15) is 23.8 Å². The lowest BCUT2D eigenvalue weighted by Gasteiger charge is -2.23. The second-order valence-corrected chi connectivity index (χ2v) is 7.20. The number of benzene rings is 1. The molecule has 6 nitrogen and oxygen atoms in total. The van der Waals surface area contributed by atoms with Crippen molar-refractivity contribution in [1.82, 2.24) is 4.90 Å². The van der Waals surface area contributed by atoms with E-state index in [-0.39, 0.29) is 6.04 Å². The van der Waals surface area contributed by atoms with Crippen LogP contribution in [0.3, 0.4) is 0 Å². The van der Waals surface area contributed by atoms with E-state index in [2.05, 4.69) is 5.32 Å². The van der Waals surface area contributed by atoms with E-state index in [1.165, 1.54) is 20.3 Å². The van der Waals surface area contributed by atoms with E-state index in [0.717, 1.165) is 17.7 Å². The molecule has 1 aromatic carbocycles. The fourth-order valence-corrected chi connectivity index (χ4v) is 4.16. The minimum atomic E-state index is -0.715. The minimum absolute atomic E-state index is 0.0467. The zero-order valence-electron chi connectivity index (χ0n) is 14.5. The molecule has 1 aromatic heterocycles. The molecule has 2 amide bonds. The number of thiophene rings is 1. The number of nitrogens with one attached hydrogen (secondary N) is 1. The lowest BCUT2D eigenvalue weighted by molar-refractivity contribution is -0.143. The van der Waals surface area contributed by atoms with Gasteiger partial charge in [-0.1, -0.05) is 17.7 Å². The Balaban J connectivity index is 1.77. The zero-order chi connectivity index (χ0) is 18.7. The van der Waals surface area contributed by atoms with Crippen molar-refractivity contribution in [1.29, 1.82) is 0 Å². The van der Waals surface area contributed by atoms with Gasteiger partial charge in [0.25, 0.3) is 0 Å². The van der Waals surface area contributed by atoms with Gasteiger partial charge in [-0.05, 0) is 30.4 Å². The molecule has 0 bridgehead atoms. The number of rotatable bonds is 4. The van der Waals surface area contributed by atoms with Gasteiger partial charge < -0.3 is 19.7 Å². The monoisotopic (exact) mass is 394 g/mol. The summed E-state index contributed by atoms with van der Waals surface area (Å²) in [5, 5.41) is 4.89. The number of nitrogens with zero attached hydrogens (tertiary/aromatic N) is 1. The summed E-state index contributed by atoms with van der Waals surface area (Å²) in [7, 11) is 2.95. The fourth-order valence-electron chi connectivity index (χ4n) is 3.05. The van der Waals surface area contributed by atoms with Gasteiger partial charge in [-0.15, -0.1) is 11.3 Å². The van der Waals surface area contributed by atoms with Gasteiger partial charge >= 0.3 is 11.8 Å². The predicted octanol–water partition coefficient (Wildman–Crippen LogP) is 3.72. The Bertz CT molecular complexity index is 810. The van der Waals surface area contributed by atoms with Crippen molar-refractivity contribution < 1.29 is 19.1 Å². The third-order valence-electron chi connectivity index (χ3n) is 4.30. The number of anilines is 1. The molecule has 1 unspecified atom stereocenters. The molecule has 0 radical (unpaired) electrons. The van der Waals surface area contributed by atoms with Gasteiger partial charge in [0.05, 0.1) is 31.0 Å². The van der Waals surface area contributed by atoms with Crippen molar-refractivity contribution in [2.24, 2.45) is 0 Å². The molecule has 1 atom stereocenters. The first-order valence-electron chi connectivity index (χ1n) is 8.12. The molecule has 26 heavy (non-hydrogen) atoms. The van der Waals surface area contributed by atoms with E-state index in [1.54, 1.807) is 22.3 Å². The van der Waals surface area contributed by atoms with Crippen LogP contribution in [0.25, 0.3) is 0 Å². The molecule has 0 spiro atoms. The molecule has 2 aromatic rings. The Hall–Kier alpha value is -2.25. The average molecular weight is 395 g/mol. The van der Waals surface area contributed by atoms with E-state index in [9.17, 15) is 9.59 Å². The van der Waals surface area contributed by atoms with Crippen LogP contribution in [0.4, 0.5) is 5.69 Å².